The molecule has 0 atom stereocenters. The van der Waals surface area contributed by atoms with Crippen molar-refractivity contribution >= 4 is 5.97 Å². The van der Waals surface area contributed by atoms with Gasteiger partial charge < -0.3 is 9.47 Å². The Kier molecular flexibility index (Phi) is 7.62. The highest BCUT2D eigenvalue weighted by molar-refractivity contribution is 5.90. The highest BCUT2D eigenvalue weighted by Crippen LogP contribution is 2.37. The first-order chi connectivity index (χ1) is 17.2. The standard InChI is InChI=1S/C28H25F5O3/c1-3-35-23-13-12-21(26(32)27(23)33)20-11-7-17(14-22(20)29)28(34)36-18-8-5-16(6-9-18)19-10-4-15(2)24(30)25(19)31/h4,7,10-14,16,18H,3,5-6,8-9H2,1-2H3. The highest BCUT2D eigenvalue weighted by atomic mass is 19.2. The normalized spacial score (nSPS) is 17.6. The number of hydrogen-bond donors (Lipinski definition) is 0. The van der Waals surface area contributed by atoms with E-state index in [1.165, 1.54) is 31.2 Å². The van der Waals surface area contributed by atoms with Crippen LogP contribution in [0.3, 0.4) is 0 Å². The summed E-state index contributed by atoms with van der Waals surface area (Å²) in [5.41, 5.74) is -0.0202. The van der Waals surface area contributed by atoms with Crippen LogP contribution in [-0.4, -0.2) is 18.7 Å². The second-order valence-corrected chi connectivity index (χ2v) is 8.85. The number of ether oxygens (including phenoxy) is 2. The zero-order chi connectivity index (χ0) is 26.0. The van der Waals surface area contributed by atoms with Gasteiger partial charge in [-0.3, -0.25) is 0 Å². The molecule has 0 bridgehead atoms. The molecular formula is C28H25F5O3. The number of hydrogen-bond acceptors (Lipinski definition) is 3. The van der Waals surface area contributed by atoms with Crippen molar-refractivity contribution in [2.45, 2.75) is 51.6 Å². The highest BCUT2D eigenvalue weighted by Gasteiger charge is 2.28. The van der Waals surface area contributed by atoms with Gasteiger partial charge in [-0.15, -0.1) is 0 Å². The molecule has 0 aliphatic heterocycles. The maximum atomic E-state index is 14.8. The third-order valence-corrected chi connectivity index (χ3v) is 6.53. The number of aryl methyl sites for hydroxylation is 1. The molecule has 0 amide bonds. The summed E-state index contributed by atoms with van der Waals surface area (Å²) in [6, 6.07) is 8.95. The van der Waals surface area contributed by atoms with Gasteiger partial charge in [0.05, 0.1) is 12.2 Å². The van der Waals surface area contributed by atoms with E-state index in [4.69, 9.17) is 9.47 Å². The number of halogens is 5. The Bertz CT molecular complexity index is 1280. The van der Waals surface area contributed by atoms with Gasteiger partial charge in [-0.1, -0.05) is 18.2 Å². The molecule has 3 aromatic rings. The molecular weight excluding hydrogens is 479 g/mol. The Morgan fingerprint density at radius 3 is 2.19 bits per heavy atom. The third kappa shape index (κ3) is 5.08. The quantitative estimate of drug-likeness (QED) is 0.256. The number of rotatable bonds is 6. The minimum Gasteiger partial charge on any atom is -0.491 e. The van der Waals surface area contributed by atoms with E-state index in [0.717, 1.165) is 6.07 Å². The lowest BCUT2D eigenvalue weighted by molar-refractivity contribution is 0.0193. The van der Waals surface area contributed by atoms with Gasteiger partial charge in [0.25, 0.3) is 0 Å². The van der Waals surface area contributed by atoms with E-state index < -0.39 is 41.2 Å². The Morgan fingerprint density at radius 1 is 0.833 bits per heavy atom. The SMILES string of the molecule is CCOc1ccc(-c2ccc(C(=O)OC3CCC(c4ccc(C)c(F)c4F)CC3)cc2F)c(F)c1F. The van der Waals surface area contributed by atoms with Gasteiger partial charge in [-0.25, -0.2) is 22.4 Å². The maximum Gasteiger partial charge on any atom is 0.338 e. The molecule has 36 heavy (non-hydrogen) atoms. The molecule has 1 fully saturated rings. The zero-order valence-corrected chi connectivity index (χ0v) is 19.8. The van der Waals surface area contributed by atoms with Crippen LogP contribution < -0.4 is 4.74 Å². The molecule has 0 radical (unpaired) electrons. The predicted octanol–water partition coefficient (Wildman–Crippen LogP) is 7.64. The first kappa shape index (κ1) is 25.7. The monoisotopic (exact) mass is 504 g/mol. The molecule has 0 saturated heterocycles. The van der Waals surface area contributed by atoms with E-state index in [0.29, 0.717) is 31.2 Å². The lowest BCUT2D eigenvalue weighted by Gasteiger charge is -2.29. The smallest absolute Gasteiger partial charge is 0.338 e. The molecule has 0 spiro atoms. The summed E-state index contributed by atoms with van der Waals surface area (Å²) >= 11 is 0. The van der Waals surface area contributed by atoms with Gasteiger partial charge in [0, 0.05) is 11.1 Å². The van der Waals surface area contributed by atoms with Crippen molar-refractivity contribution < 1.29 is 36.2 Å². The summed E-state index contributed by atoms with van der Waals surface area (Å²) in [6.07, 6.45) is 1.46. The summed E-state index contributed by atoms with van der Waals surface area (Å²) < 4.78 is 82.2. The largest absolute Gasteiger partial charge is 0.491 e. The second-order valence-electron chi connectivity index (χ2n) is 8.85. The van der Waals surface area contributed by atoms with Crippen molar-refractivity contribution in [1.29, 1.82) is 0 Å². The predicted molar refractivity (Wildman–Crippen MR) is 124 cm³/mol. The molecule has 1 aliphatic rings. The molecule has 0 aromatic heterocycles. The van der Waals surface area contributed by atoms with Gasteiger partial charge >= 0.3 is 5.97 Å². The summed E-state index contributed by atoms with van der Waals surface area (Å²) in [5.74, 6) is -6.28. The topological polar surface area (TPSA) is 35.5 Å². The fourth-order valence-corrected chi connectivity index (χ4v) is 4.55. The Labute approximate surface area is 205 Å². The molecule has 3 nitrogen and oxygen atoms in total. The molecule has 1 aliphatic carbocycles. The van der Waals surface area contributed by atoms with E-state index in [-0.39, 0.29) is 40.5 Å². The van der Waals surface area contributed by atoms with E-state index >= 15 is 0 Å². The number of carbonyl (C=O) groups is 1. The number of esters is 1. The van der Waals surface area contributed by atoms with Gasteiger partial charge in [0.15, 0.2) is 23.2 Å². The van der Waals surface area contributed by atoms with E-state index in [9.17, 15) is 26.7 Å². The summed E-state index contributed by atoms with van der Waals surface area (Å²) in [4.78, 5) is 12.6. The number of benzene rings is 3. The summed E-state index contributed by atoms with van der Waals surface area (Å²) in [5, 5.41) is 0. The lowest BCUT2D eigenvalue weighted by atomic mass is 9.82. The van der Waals surface area contributed by atoms with Crippen LogP contribution in [0, 0.1) is 36.0 Å². The van der Waals surface area contributed by atoms with Crippen molar-refractivity contribution in [2.24, 2.45) is 0 Å². The molecule has 4 rings (SSSR count). The molecule has 0 unspecified atom stereocenters. The van der Waals surface area contributed by atoms with Crippen LogP contribution in [0.4, 0.5) is 22.0 Å². The second kappa shape index (κ2) is 10.7. The van der Waals surface area contributed by atoms with Crippen molar-refractivity contribution in [1.82, 2.24) is 0 Å². The lowest BCUT2D eigenvalue weighted by Crippen LogP contribution is -2.24. The van der Waals surface area contributed by atoms with Crippen LogP contribution in [0.25, 0.3) is 11.1 Å². The van der Waals surface area contributed by atoms with Crippen molar-refractivity contribution in [2.75, 3.05) is 6.61 Å². The third-order valence-electron chi connectivity index (χ3n) is 6.53. The maximum absolute atomic E-state index is 14.8. The average molecular weight is 504 g/mol. The van der Waals surface area contributed by atoms with Crippen LogP contribution in [0.15, 0.2) is 42.5 Å². The molecule has 1 saturated carbocycles. The van der Waals surface area contributed by atoms with Crippen molar-refractivity contribution in [3.63, 3.8) is 0 Å². The molecule has 3 aromatic carbocycles. The van der Waals surface area contributed by atoms with Crippen LogP contribution >= 0.6 is 0 Å². The molecule has 0 heterocycles. The Hall–Kier alpha value is -3.42. The van der Waals surface area contributed by atoms with E-state index in [1.54, 1.807) is 19.1 Å². The molecule has 8 heteroatoms. The fourth-order valence-electron chi connectivity index (χ4n) is 4.55. The summed E-state index contributed by atoms with van der Waals surface area (Å²) in [7, 11) is 0. The van der Waals surface area contributed by atoms with Crippen molar-refractivity contribution in [3.05, 3.63) is 88.2 Å². The van der Waals surface area contributed by atoms with Crippen LogP contribution in [0.1, 0.15) is 60.0 Å². The van der Waals surface area contributed by atoms with Crippen LogP contribution in [0.2, 0.25) is 0 Å². The van der Waals surface area contributed by atoms with Gasteiger partial charge in [-0.2, -0.15) is 4.39 Å². The van der Waals surface area contributed by atoms with Crippen LogP contribution in [0.5, 0.6) is 5.75 Å². The zero-order valence-electron chi connectivity index (χ0n) is 19.8. The minimum atomic E-state index is -1.25. The van der Waals surface area contributed by atoms with Crippen molar-refractivity contribution in [3.8, 4) is 16.9 Å². The van der Waals surface area contributed by atoms with Gasteiger partial charge in [0.2, 0.25) is 5.82 Å². The Morgan fingerprint density at radius 2 is 1.53 bits per heavy atom. The molecule has 0 N–H and O–H groups in total. The first-order valence-corrected chi connectivity index (χ1v) is 11.8. The summed E-state index contributed by atoms with van der Waals surface area (Å²) in [6.45, 7) is 3.27. The average Bonchev–Trinajstić information content (AvgIpc) is 2.87. The number of carbonyl (C=O) groups excluding carboxylic acids is 1. The molecule has 190 valence electrons. The first-order valence-electron chi connectivity index (χ1n) is 11.8. The fraction of sp³-hybridized carbons (Fsp3) is 0.321. The minimum absolute atomic E-state index is 0.0724. The van der Waals surface area contributed by atoms with E-state index in [1.807, 2.05) is 0 Å². The van der Waals surface area contributed by atoms with Gasteiger partial charge in [-0.05, 0) is 80.8 Å². The van der Waals surface area contributed by atoms with Gasteiger partial charge in [0.1, 0.15) is 11.9 Å². The van der Waals surface area contributed by atoms with Crippen LogP contribution in [-0.2, 0) is 4.74 Å². The Balaban J connectivity index is 1.42. The van der Waals surface area contributed by atoms with E-state index in [2.05, 4.69) is 0 Å².